The van der Waals surface area contributed by atoms with Gasteiger partial charge in [-0.25, -0.2) is 4.79 Å². The molecule has 3 N–H and O–H groups in total. The van der Waals surface area contributed by atoms with Crippen molar-refractivity contribution in [3.8, 4) is 0 Å². The number of aryl methyl sites for hydroxylation is 1. The summed E-state index contributed by atoms with van der Waals surface area (Å²) in [6.07, 6.45) is 4.33. The number of pyridine rings is 1. The fourth-order valence-corrected chi connectivity index (χ4v) is 2.09. The summed E-state index contributed by atoms with van der Waals surface area (Å²) in [4.78, 5) is 15.1. The summed E-state index contributed by atoms with van der Waals surface area (Å²) in [5.41, 5.74) is 1.75. The van der Waals surface area contributed by atoms with E-state index in [1.54, 1.807) is 6.07 Å². The quantitative estimate of drug-likeness (QED) is 0.715. The first kappa shape index (κ1) is 12.8. The van der Waals surface area contributed by atoms with Crippen LogP contribution in [0.1, 0.15) is 35.3 Å². The van der Waals surface area contributed by atoms with Crippen molar-refractivity contribution < 1.29 is 15.0 Å². The van der Waals surface area contributed by atoms with Crippen LogP contribution in [0.3, 0.4) is 0 Å². The van der Waals surface area contributed by atoms with E-state index in [1.807, 2.05) is 6.92 Å². The Bertz CT molecular complexity index is 456. The summed E-state index contributed by atoms with van der Waals surface area (Å²) in [6.45, 7) is 2.72. The number of nitrogens with zero attached hydrogens (tertiary/aromatic N) is 1. The third kappa shape index (κ3) is 2.79. The van der Waals surface area contributed by atoms with Crippen LogP contribution in [-0.2, 0) is 0 Å². The van der Waals surface area contributed by atoms with Crippen LogP contribution in [0, 0.1) is 12.3 Å². The molecule has 5 heteroatoms. The number of carboxylic acids is 1. The van der Waals surface area contributed by atoms with Gasteiger partial charge in [-0.2, -0.15) is 0 Å². The average molecular weight is 250 g/mol. The first-order chi connectivity index (χ1) is 8.56. The minimum Gasteiger partial charge on any atom is -0.478 e. The number of rotatable bonds is 6. The van der Waals surface area contributed by atoms with E-state index in [0.717, 1.165) is 25.0 Å². The molecule has 1 aliphatic carbocycles. The summed E-state index contributed by atoms with van der Waals surface area (Å²) >= 11 is 0. The van der Waals surface area contributed by atoms with Crippen LogP contribution in [-0.4, -0.2) is 34.3 Å². The van der Waals surface area contributed by atoms with Gasteiger partial charge >= 0.3 is 5.97 Å². The first-order valence-corrected chi connectivity index (χ1v) is 6.11. The highest BCUT2D eigenvalue weighted by molar-refractivity contribution is 5.93. The van der Waals surface area contributed by atoms with Gasteiger partial charge in [0.1, 0.15) is 5.56 Å². The second-order valence-electron chi connectivity index (χ2n) is 5.00. The number of aliphatic hydroxyl groups is 1. The number of hydrogen-bond acceptors (Lipinski definition) is 4. The monoisotopic (exact) mass is 250 g/mol. The third-order valence-corrected chi connectivity index (χ3v) is 3.52. The fourth-order valence-electron chi connectivity index (χ4n) is 2.09. The van der Waals surface area contributed by atoms with Gasteiger partial charge < -0.3 is 15.5 Å². The van der Waals surface area contributed by atoms with Gasteiger partial charge in [-0.05, 0) is 37.7 Å². The molecule has 0 saturated heterocycles. The molecule has 1 heterocycles. The Hall–Kier alpha value is -1.62. The van der Waals surface area contributed by atoms with Gasteiger partial charge in [-0.1, -0.05) is 0 Å². The summed E-state index contributed by atoms with van der Waals surface area (Å²) < 4.78 is 0. The highest BCUT2D eigenvalue weighted by atomic mass is 16.4. The van der Waals surface area contributed by atoms with Crippen molar-refractivity contribution in [1.29, 1.82) is 0 Å². The Labute approximate surface area is 106 Å². The van der Waals surface area contributed by atoms with Crippen LogP contribution in [0.4, 0.5) is 5.69 Å². The second kappa shape index (κ2) is 4.94. The Morgan fingerprint density at radius 1 is 1.56 bits per heavy atom. The zero-order valence-corrected chi connectivity index (χ0v) is 10.4. The van der Waals surface area contributed by atoms with Crippen LogP contribution < -0.4 is 5.32 Å². The topological polar surface area (TPSA) is 82.5 Å². The van der Waals surface area contributed by atoms with Gasteiger partial charge in [0.25, 0.3) is 0 Å². The predicted octanol–water partition coefficient (Wildman–Crippen LogP) is 1.66. The SMILES string of the molecule is Cc1cc(NCC2(CCO)CC2)c(C(=O)O)cn1. The average Bonchev–Trinajstić information content (AvgIpc) is 3.07. The number of aromatic nitrogens is 1. The largest absolute Gasteiger partial charge is 0.478 e. The minimum absolute atomic E-state index is 0.154. The van der Waals surface area contributed by atoms with Crippen molar-refractivity contribution in [2.45, 2.75) is 26.2 Å². The van der Waals surface area contributed by atoms with E-state index in [-0.39, 0.29) is 17.6 Å². The van der Waals surface area contributed by atoms with Crippen LogP contribution >= 0.6 is 0 Å². The molecule has 0 unspecified atom stereocenters. The minimum atomic E-state index is -0.975. The molecule has 0 amide bonds. The molecule has 5 nitrogen and oxygen atoms in total. The molecular formula is C13H18N2O3. The Morgan fingerprint density at radius 3 is 2.83 bits per heavy atom. The zero-order chi connectivity index (χ0) is 13.2. The molecule has 0 radical (unpaired) electrons. The van der Waals surface area contributed by atoms with Gasteiger partial charge in [0, 0.05) is 25.0 Å². The number of carbonyl (C=O) groups is 1. The highest BCUT2D eigenvalue weighted by Gasteiger charge is 2.41. The molecule has 0 atom stereocenters. The van der Waals surface area contributed by atoms with Crippen molar-refractivity contribution in [1.82, 2.24) is 4.98 Å². The van der Waals surface area contributed by atoms with E-state index in [0.29, 0.717) is 12.2 Å². The third-order valence-electron chi connectivity index (χ3n) is 3.52. The fraction of sp³-hybridized carbons (Fsp3) is 0.538. The van der Waals surface area contributed by atoms with Crippen LogP contribution in [0.15, 0.2) is 12.3 Å². The molecular weight excluding hydrogens is 232 g/mol. The molecule has 0 bridgehead atoms. The smallest absolute Gasteiger partial charge is 0.339 e. The molecule has 1 fully saturated rings. The molecule has 98 valence electrons. The highest BCUT2D eigenvalue weighted by Crippen LogP contribution is 2.48. The Morgan fingerprint density at radius 2 is 2.28 bits per heavy atom. The van der Waals surface area contributed by atoms with Gasteiger partial charge in [0.2, 0.25) is 0 Å². The summed E-state index contributed by atoms with van der Waals surface area (Å²) in [7, 11) is 0. The van der Waals surface area contributed by atoms with Gasteiger partial charge in [-0.3, -0.25) is 4.98 Å². The molecule has 0 spiro atoms. The lowest BCUT2D eigenvalue weighted by molar-refractivity contribution is 0.0697. The Kier molecular flexibility index (Phi) is 3.52. The molecule has 1 saturated carbocycles. The maximum Gasteiger partial charge on any atom is 0.339 e. The molecule has 2 rings (SSSR count). The molecule has 0 aromatic carbocycles. The van der Waals surface area contributed by atoms with E-state index >= 15 is 0 Å². The number of aliphatic hydroxyl groups excluding tert-OH is 1. The van der Waals surface area contributed by atoms with Gasteiger partial charge in [-0.15, -0.1) is 0 Å². The van der Waals surface area contributed by atoms with Crippen LogP contribution in [0.25, 0.3) is 0 Å². The maximum atomic E-state index is 11.1. The van der Waals surface area contributed by atoms with E-state index in [4.69, 9.17) is 10.2 Å². The first-order valence-electron chi connectivity index (χ1n) is 6.11. The summed E-state index contributed by atoms with van der Waals surface area (Å²) in [5.74, 6) is -0.975. The lowest BCUT2D eigenvalue weighted by atomic mass is 10.0. The number of anilines is 1. The van der Waals surface area contributed by atoms with Gasteiger partial charge in [0.05, 0.1) is 5.69 Å². The zero-order valence-electron chi connectivity index (χ0n) is 10.4. The van der Waals surface area contributed by atoms with Crippen molar-refractivity contribution in [2.75, 3.05) is 18.5 Å². The summed E-state index contributed by atoms with van der Waals surface area (Å²) in [6, 6.07) is 1.75. The van der Waals surface area contributed by atoms with Crippen LogP contribution in [0.5, 0.6) is 0 Å². The lowest BCUT2D eigenvalue weighted by Gasteiger charge is -2.17. The van der Waals surface area contributed by atoms with Crippen molar-refractivity contribution in [2.24, 2.45) is 5.41 Å². The second-order valence-corrected chi connectivity index (χ2v) is 5.00. The predicted molar refractivity (Wildman–Crippen MR) is 67.8 cm³/mol. The Balaban J connectivity index is 2.08. The van der Waals surface area contributed by atoms with Crippen molar-refractivity contribution >= 4 is 11.7 Å². The number of hydrogen-bond donors (Lipinski definition) is 3. The summed E-state index contributed by atoms with van der Waals surface area (Å²) in [5, 5.41) is 21.3. The van der Waals surface area contributed by atoms with Gasteiger partial charge in [0.15, 0.2) is 0 Å². The van der Waals surface area contributed by atoms with E-state index in [2.05, 4.69) is 10.3 Å². The van der Waals surface area contributed by atoms with Crippen molar-refractivity contribution in [3.05, 3.63) is 23.5 Å². The van der Waals surface area contributed by atoms with E-state index in [9.17, 15) is 4.79 Å². The number of aromatic carboxylic acids is 1. The van der Waals surface area contributed by atoms with Crippen molar-refractivity contribution in [3.63, 3.8) is 0 Å². The molecule has 1 aromatic heterocycles. The maximum absolute atomic E-state index is 11.1. The van der Waals surface area contributed by atoms with Crippen LogP contribution in [0.2, 0.25) is 0 Å². The number of nitrogens with one attached hydrogen (secondary N) is 1. The number of carboxylic acid groups (broad SMARTS) is 1. The standard InChI is InChI=1S/C13H18N2O3/c1-9-6-11(10(7-14-9)12(17)18)15-8-13(2-3-13)4-5-16/h6-7,16H,2-5,8H2,1H3,(H,14,15)(H,17,18). The molecule has 0 aliphatic heterocycles. The molecule has 1 aliphatic rings. The molecule has 1 aromatic rings. The lowest BCUT2D eigenvalue weighted by Crippen LogP contribution is -2.18. The molecule has 18 heavy (non-hydrogen) atoms. The van der Waals surface area contributed by atoms with E-state index < -0.39 is 5.97 Å². The van der Waals surface area contributed by atoms with E-state index in [1.165, 1.54) is 6.20 Å². The normalized spacial score (nSPS) is 16.3.